The fourth-order valence-corrected chi connectivity index (χ4v) is 4.76. The molecule has 6 heteroatoms. The Morgan fingerprint density at radius 3 is 2.92 bits per heavy atom. The van der Waals surface area contributed by atoms with Crippen LogP contribution in [0.2, 0.25) is 0 Å². The Morgan fingerprint density at radius 2 is 2.21 bits per heavy atom. The van der Waals surface area contributed by atoms with E-state index in [4.69, 9.17) is 4.74 Å². The maximum atomic E-state index is 12.2. The predicted octanol–water partition coefficient (Wildman–Crippen LogP) is 4.95. The van der Waals surface area contributed by atoms with Crippen molar-refractivity contribution in [2.75, 3.05) is 20.6 Å². The predicted molar refractivity (Wildman–Crippen MR) is 104 cm³/mol. The average molecular weight is 365 g/mol. The maximum Gasteiger partial charge on any atom is 0.383 e. The van der Waals surface area contributed by atoms with Gasteiger partial charge in [0.25, 0.3) is 0 Å². The zero-order chi connectivity index (χ0) is 17.1. The van der Waals surface area contributed by atoms with Crippen molar-refractivity contribution in [3.63, 3.8) is 0 Å². The lowest BCUT2D eigenvalue weighted by atomic mass is 10.1. The summed E-state index contributed by atoms with van der Waals surface area (Å²) in [5.41, 5.74) is 2.20. The van der Waals surface area contributed by atoms with Gasteiger partial charge in [0, 0.05) is 39.7 Å². The molecule has 3 rings (SSSR count). The van der Waals surface area contributed by atoms with E-state index in [0.717, 1.165) is 29.8 Å². The third-order valence-corrected chi connectivity index (χ3v) is 6.94. The van der Waals surface area contributed by atoms with Gasteiger partial charge in [0.15, 0.2) is 0 Å². The second kappa shape index (κ2) is 7.85. The van der Waals surface area contributed by atoms with E-state index < -0.39 is 0 Å². The minimum atomic E-state index is -0.236. The summed E-state index contributed by atoms with van der Waals surface area (Å²) >= 11 is 0. The van der Waals surface area contributed by atoms with Gasteiger partial charge in [-0.1, -0.05) is 23.8 Å². The Kier molecular flexibility index (Phi) is 5.79. The average Bonchev–Trinajstić information content (AvgIpc) is 3.31. The summed E-state index contributed by atoms with van der Waals surface area (Å²) in [4.78, 5) is 17.6. The van der Waals surface area contributed by atoms with Crippen molar-refractivity contribution in [3.8, 4) is 5.75 Å². The summed E-state index contributed by atoms with van der Waals surface area (Å²) < 4.78 is 5.65. The first-order valence-corrected chi connectivity index (χ1v) is 10.5. The Bertz CT molecular complexity index is 710. The van der Waals surface area contributed by atoms with Crippen LogP contribution in [0.25, 0.3) is 10.9 Å². The SMILES string of the molecule is CC(SSC(=O)Oc1cccc2[nH]cc(CCN(C)C)c12)C1CC1. The van der Waals surface area contributed by atoms with Crippen molar-refractivity contribution in [2.45, 2.75) is 31.4 Å². The number of benzene rings is 1. The summed E-state index contributed by atoms with van der Waals surface area (Å²) in [7, 11) is 6.97. The van der Waals surface area contributed by atoms with Crippen LogP contribution in [0.4, 0.5) is 4.79 Å². The Labute approximate surface area is 151 Å². The number of rotatable bonds is 7. The van der Waals surface area contributed by atoms with Crippen LogP contribution in [0.15, 0.2) is 24.4 Å². The lowest BCUT2D eigenvalue weighted by molar-refractivity contribution is 0.228. The first kappa shape index (κ1) is 17.7. The van der Waals surface area contributed by atoms with Gasteiger partial charge in [-0.05, 0) is 57.0 Å². The fourth-order valence-electron chi connectivity index (χ4n) is 2.71. The van der Waals surface area contributed by atoms with Gasteiger partial charge < -0.3 is 14.6 Å². The van der Waals surface area contributed by atoms with Gasteiger partial charge in [0.05, 0.1) is 0 Å². The van der Waals surface area contributed by atoms with E-state index in [-0.39, 0.29) is 5.30 Å². The monoisotopic (exact) mass is 364 g/mol. The number of ether oxygens (including phenoxy) is 1. The number of fused-ring (bicyclic) bond motifs is 1. The number of nitrogens with zero attached hydrogens (tertiary/aromatic N) is 1. The van der Waals surface area contributed by atoms with Crippen LogP contribution < -0.4 is 4.74 Å². The Morgan fingerprint density at radius 1 is 1.42 bits per heavy atom. The standard InChI is InChI=1S/C18H24N2O2S2/c1-12(13-7-8-13)23-24-18(21)22-16-6-4-5-15-17(16)14(11-19-15)9-10-20(2)3/h4-6,11-13,19H,7-10H2,1-3H3. The molecule has 1 saturated carbocycles. The van der Waals surface area contributed by atoms with Gasteiger partial charge in [0.2, 0.25) is 0 Å². The van der Waals surface area contributed by atoms with Crippen molar-refractivity contribution in [1.82, 2.24) is 9.88 Å². The number of hydrogen-bond donors (Lipinski definition) is 1. The summed E-state index contributed by atoms with van der Waals surface area (Å²) in [6.07, 6.45) is 5.52. The number of carbonyl (C=O) groups is 1. The van der Waals surface area contributed by atoms with Crippen LogP contribution in [0, 0.1) is 5.92 Å². The molecular formula is C18H24N2O2S2. The molecule has 0 spiro atoms. The van der Waals surface area contributed by atoms with Crippen LogP contribution >= 0.6 is 21.6 Å². The van der Waals surface area contributed by atoms with Gasteiger partial charge in [-0.25, -0.2) is 4.79 Å². The fraction of sp³-hybridized carbons (Fsp3) is 0.500. The zero-order valence-electron chi connectivity index (χ0n) is 14.4. The molecule has 1 unspecified atom stereocenters. The molecule has 1 fully saturated rings. The van der Waals surface area contributed by atoms with Crippen molar-refractivity contribution in [3.05, 3.63) is 30.0 Å². The van der Waals surface area contributed by atoms with Gasteiger partial charge in [-0.15, -0.1) is 0 Å². The number of aromatic amines is 1. The molecule has 130 valence electrons. The molecule has 1 N–H and O–H groups in total. The number of aromatic nitrogens is 1. The van der Waals surface area contributed by atoms with Crippen LogP contribution in [0.3, 0.4) is 0 Å². The van der Waals surface area contributed by atoms with Gasteiger partial charge in [0.1, 0.15) is 5.75 Å². The highest BCUT2D eigenvalue weighted by molar-refractivity contribution is 8.82. The number of hydrogen-bond acceptors (Lipinski definition) is 5. The summed E-state index contributed by atoms with van der Waals surface area (Å²) in [5, 5.41) is 1.30. The van der Waals surface area contributed by atoms with Crippen molar-refractivity contribution >= 4 is 37.8 Å². The van der Waals surface area contributed by atoms with Gasteiger partial charge in [-0.2, -0.15) is 0 Å². The molecular weight excluding hydrogens is 340 g/mol. The van der Waals surface area contributed by atoms with Crippen molar-refractivity contribution < 1.29 is 9.53 Å². The molecule has 1 heterocycles. The number of carbonyl (C=O) groups excluding carboxylic acids is 1. The highest BCUT2D eigenvalue weighted by Gasteiger charge is 2.29. The molecule has 1 aromatic carbocycles. The van der Waals surface area contributed by atoms with Gasteiger partial charge in [-0.3, -0.25) is 0 Å². The van der Waals surface area contributed by atoms with Crippen LogP contribution in [0.1, 0.15) is 25.3 Å². The van der Waals surface area contributed by atoms with E-state index in [9.17, 15) is 4.79 Å². The number of likely N-dealkylation sites (N-methyl/N-ethyl adjacent to an activating group) is 1. The smallest absolute Gasteiger partial charge is 0.383 e. The topological polar surface area (TPSA) is 45.3 Å². The molecule has 1 aliphatic carbocycles. The lowest BCUT2D eigenvalue weighted by Crippen LogP contribution is -2.15. The van der Waals surface area contributed by atoms with E-state index in [0.29, 0.717) is 11.0 Å². The van der Waals surface area contributed by atoms with E-state index >= 15 is 0 Å². The molecule has 0 aliphatic heterocycles. The van der Waals surface area contributed by atoms with E-state index in [1.165, 1.54) is 29.2 Å². The second-order valence-electron chi connectivity index (χ2n) is 6.62. The molecule has 1 aromatic heterocycles. The Hall–Kier alpha value is -1.11. The first-order valence-electron chi connectivity index (χ1n) is 8.33. The van der Waals surface area contributed by atoms with Crippen molar-refractivity contribution in [2.24, 2.45) is 5.92 Å². The largest absolute Gasteiger partial charge is 0.417 e. The molecule has 1 aliphatic rings. The number of nitrogens with one attached hydrogen (secondary N) is 1. The molecule has 0 amide bonds. The normalized spacial score (nSPS) is 15.8. The quantitative estimate of drug-likeness (QED) is 0.556. The molecule has 4 nitrogen and oxygen atoms in total. The molecule has 24 heavy (non-hydrogen) atoms. The molecule has 2 aromatic rings. The first-order chi connectivity index (χ1) is 11.5. The number of H-pyrrole nitrogens is 1. The van der Waals surface area contributed by atoms with Crippen LogP contribution in [-0.2, 0) is 6.42 Å². The summed E-state index contributed by atoms with van der Waals surface area (Å²) in [5.74, 6) is 1.43. The third kappa shape index (κ3) is 4.49. The lowest BCUT2D eigenvalue weighted by Gasteiger charge is -2.11. The van der Waals surface area contributed by atoms with Crippen molar-refractivity contribution in [1.29, 1.82) is 0 Å². The highest BCUT2D eigenvalue weighted by Crippen LogP contribution is 2.43. The molecule has 0 radical (unpaired) electrons. The highest BCUT2D eigenvalue weighted by atomic mass is 33.1. The minimum Gasteiger partial charge on any atom is -0.417 e. The zero-order valence-corrected chi connectivity index (χ0v) is 16.0. The van der Waals surface area contributed by atoms with Crippen LogP contribution in [0.5, 0.6) is 5.75 Å². The second-order valence-corrected chi connectivity index (χ2v) is 9.13. The maximum absolute atomic E-state index is 12.2. The molecule has 0 saturated heterocycles. The Balaban J connectivity index is 1.68. The minimum absolute atomic E-state index is 0.236. The van der Waals surface area contributed by atoms with E-state index in [1.807, 2.05) is 24.4 Å². The molecule has 1 atom stereocenters. The third-order valence-electron chi connectivity index (χ3n) is 4.32. The van der Waals surface area contributed by atoms with Gasteiger partial charge >= 0.3 is 5.30 Å². The molecule has 0 bridgehead atoms. The van der Waals surface area contributed by atoms with Crippen LogP contribution in [-0.4, -0.2) is 41.1 Å². The summed E-state index contributed by atoms with van der Waals surface area (Å²) in [6.45, 7) is 3.15. The van der Waals surface area contributed by atoms with E-state index in [2.05, 4.69) is 30.9 Å². The van der Waals surface area contributed by atoms with E-state index in [1.54, 1.807) is 10.8 Å². The summed E-state index contributed by atoms with van der Waals surface area (Å²) in [6, 6.07) is 5.81.